The van der Waals surface area contributed by atoms with Gasteiger partial charge in [0, 0.05) is 24.1 Å². The van der Waals surface area contributed by atoms with Crippen LogP contribution in [0.3, 0.4) is 0 Å². The normalized spacial score (nSPS) is 19.2. The molecule has 4 nitrogen and oxygen atoms in total. The number of unbranched alkanes of at least 4 members (excludes halogenated alkanes) is 1. The second kappa shape index (κ2) is 4.69. The second-order valence-corrected chi connectivity index (χ2v) is 5.89. The zero-order chi connectivity index (χ0) is 11.7. The maximum atomic E-state index is 8.51. The number of nitrogens with zero attached hydrogens (tertiary/aromatic N) is 4. The summed E-state index contributed by atoms with van der Waals surface area (Å²) in [5.41, 5.74) is 0. The van der Waals surface area contributed by atoms with Crippen molar-refractivity contribution in [1.29, 1.82) is 5.26 Å². The smallest absolute Gasteiger partial charge is 0.191 e. The molecule has 5 heteroatoms. The number of aromatic nitrogens is 3. The highest BCUT2D eigenvalue weighted by atomic mass is 32.2. The van der Waals surface area contributed by atoms with Gasteiger partial charge in [0.05, 0.1) is 6.07 Å². The molecule has 1 aromatic rings. The first kappa shape index (κ1) is 11.1. The molecule has 0 N–H and O–H groups in total. The van der Waals surface area contributed by atoms with E-state index in [9.17, 15) is 0 Å². The predicted molar refractivity (Wildman–Crippen MR) is 65.8 cm³/mol. The van der Waals surface area contributed by atoms with E-state index in [0.29, 0.717) is 18.4 Å². The van der Waals surface area contributed by atoms with E-state index in [1.807, 2.05) is 0 Å². The molecule has 17 heavy (non-hydrogen) atoms. The number of hydrogen-bond donors (Lipinski definition) is 0. The zero-order valence-corrected chi connectivity index (χ0v) is 10.6. The first-order valence-electron chi connectivity index (χ1n) is 6.34. The molecule has 0 bridgehead atoms. The average molecular weight is 248 g/mol. The topological polar surface area (TPSA) is 54.5 Å². The van der Waals surface area contributed by atoms with Crippen molar-refractivity contribution in [2.75, 3.05) is 5.75 Å². The molecule has 2 fully saturated rings. The van der Waals surface area contributed by atoms with Crippen molar-refractivity contribution in [3.05, 3.63) is 5.82 Å². The third kappa shape index (κ3) is 2.47. The molecule has 0 amide bonds. The number of thioether (sulfide) groups is 1. The number of hydrogen-bond acceptors (Lipinski definition) is 4. The van der Waals surface area contributed by atoms with Crippen molar-refractivity contribution in [1.82, 2.24) is 14.8 Å². The maximum absolute atomic E-state index is 8.51. The van der Waals surface area contributed by atoms with E-state index < -0.39 is 0 Å². The molecule has 0 radical (unpaired) electrons. The van der Waals surface area contributed by atoms with Gasteiger partial charge in [-0.15, -0.1) is 10.2 Å². The summed E-state index contributed by atoms with van der Waals surface area (Å²) in [6.07, 6.45) is 6.71. The molecule has 2 aliphatic rings. The Morgan fingerprint density at radius 1 is 1.29 bits per heavy atom. The summed E-state index contributed by atoms with van der Waals surface area (Å²) < 4.78 is 2.37. The SMILES string of the molecule is N#CCCCSc1nnc(C2CC2)n1C1CC1. The van der Waals surface area contributed by atoms with E-state index in [4.69, 9.17) is 5.26 Å². The average Bonchev–Trinajstić information content (AvgIpc) is 3.23. The molecule has 0 atom stereocenters. The van der Waals surface area contributed by atoms with Crippen LogP contribution in [0.5, 0.6) is 0 Å². The van der Waals surface area contributed by atoms with Crippen LogP contribution in [0.15, 0.2) is 5.16 Å². The summed E-state index contributed by atoms with van der Waals surface area (Å²) in [6, 6.07) is 2.85. The summed E-state index contributed by atoms with van der Waals surface area (Å²) in [5.74, 6) is 2.87. The summed E-state index contributed by atoms with van der Waals surface area (Å²) in [4.78, 5) is 0. The predicted octanol–water partition coefficient (Wildman–Crippen LogP) is 2.89. The van der Waals surface area contributed by atoms with Crippen LogP contribution in [0.2, 0.25) is 0 Å². The maximum Gasteiger partial charge on any atom is 0.191 e. The number of nitriles is 1. The third-order valence-electron chi connectivity index (χ3n) is 3.21. The minimum absolute atomic E-state index is 0.639. The molecule has 0 saturated heterocycles. The van der Waals surface area contributed by atoms with E-state index >= 15 is 0 Å². The lowest BCUT2D eigenvalue weighted by Crippen LogP contribution is -2.02. The van der Waals surface area contributed by atoms with Gasteiger partial charge >= 0.3 is 0 Å². The lowest BCUT2D eigenvalue weighted by molar-refractivity contribution is 0.626. The minimum atomic E-state index is 0.639. The first-order valence-corrected chi connectivity index (χ1v) is 7.33. The Balaban J connectivity index is 1.68. The summed E-state index contributed by atoms with van der Waals surface area (Å²) in [6.45, 7) is 0. The molecule has 2 aliphatic carbocycles. The molecule has 0 aromatic carbocycles. The quantitative estimate of drug-likeness (QED) is 0.574. The van der Waals surface area contributed by atoms with Crippen molar-refractivity contribution >= 4 is 11.8 Å². The van der Waals surface area contributed by atoms with Crippen LogP contribution in [0.25, 0.3) is 0 Å². The van der Waals surface area contributed by atoms with Gasteiger partial charge in [-0.25, -0.2) is 0 Å². The molecule has 1 heterocycles. The van der Waals surface area contributed by atoms with E-state index in [1.54, 1.807) is 11.8 Å². The fourth-order valence-corrected chi connectivity index (χ4v) is 2.95. The minimum Gasteiger partial charge on any atom is -0.303 e. The first-order chi connectivity index (χ1) is 8.40. The van der Waals surface area contributed by atoms with Gasteiger partial charge < -0.3 is 4.57 Å². The van der Waals surface area contributed by atoms with E-state index in [2.05, 4.69) is 20.8 Å². The van der Waals surface area contributed by atoms with Crippen molar-refractivity contribution in [3.8, 4) is 6.07 Å². The zero-order valence-electron chi connectivity index (χ0n) is 9.80. The Morgan fingerprint density at radius 3 is 2.76 bits per heavy atom. The van der Waals surface area contributed by atoms with Crippen molar-refractivity contribution < 1.29 is 0 Å². The molecule has 2 saturated carbocycles. The highest BCUT2D eigenvalue weighted by molar-refractivity contribution is 7.99. The highest BCUT2D eigenvalue weighted by Crippen LogP contribution is 2.45. The Kier molecular flexibility index (Phi) is 3.06. The highest BCUT2D eigenvalue weighted by Gasteiger charge is 2.36. The molecular formula is C12H16N4S. The van der Waals surface area contributed by atoms with Crippen LogP contribution < -0.4 is 0 Å². The van der Waals surface area contributed by atoms with Gasteiger partial charge in [0.15, 0.2) is 5.16 Å². The Bertz CT molecular complexity index is 440. The largest absolute Gasteiger partial charge is 0.303 e. The van der Waals surface area contributed by atoms with Crippen molar-refractivity contribution in [2.24, 2.45) is 0 Å². The summed E-state index contributed by atoms with van der Waals surface area (Å²) in [7, 11) is 0. The van der Waals surface area contributed by atoms with Crippen molar-refractivity contribution in [2.45, 2.75) is 55.6 Å². The Labute approximate surface area is 105 Å². The monoisotopic (exact) mass is 248 g/mol. The van der Waals surface area contributed by atoms with Gasteiger partial charge in [-0.1, -0.05) is 11.8 Å². The van der Waals surface area contributed by atoms with Crippen LogP contribution in [-0.2, 0) is 0 Å². The van der Waals surface area contributed by atoms with E-state index in [-0.39, 0.29) is 0 Å². The van der Waals surface area contributed by atoms with Crippen LogP contribution in [0.4, 0.5) is 0 Å². The molecule has 1 aromatic heterocycles. The van der Waals surface area contributed by atoms with E-state index in [0.717, 1.165) is 17.3 Å². The van der Waals surface area contributed by atoms with Crippen LogP contribution in [-0.4, -0.2) is 20.5 Å². The third-order valence-corrected chi connectivity index (χ3v) is 4.24. The van der Waals surface area contributed by atoms with Crippen molar-refractivity contribution in [3.63, 3.8) is 0 Å². The lowest BCUT2D eigenvalue weighted by atomic mass is 10.4. The fourth-order valence-electron chi connectivity index (χ4n) is 2.00. The molecule has 90 valence electrons. The van der Waals surface area contributed by atoms with Gasteiger partial charge in [-0.05, 0) is 32.1 Å². The molecule has 3 rings (SSSR count). The fraction of sp³-hybridized carbons (Fsp3) is 0.750. The van der Waals surface area contributed by atoms with Gasteiger partial charge in [0.25, 0.3) is 0 Å². The Morgan fingerprint density at radius 2 is 2.12 bits per heavy atom. The molecule has 0 spiro atoms. The summed E-state index contributed by atoms with van der Waals surface area (Å²) >= 11 is 1.76. The molecule has 0 aliphatic heterocycles. The molecule has 0 unspecified atom stereocenters. The van der Waals surface area contributed by atoms with Crippen LogP contribution in [0.1, 0.15) is 56.3 Å². The summed E-state index contributed by atoms with van der Waals surface area (Å²) in [5, 5.41) is 18.3. The van der Waals surface area contributed by atoms with Gasteiger partial charge in [-0.3, -0.25) is 0 Å². The van der Waals surface area contributed by atoms with Crippen LogP contribution >= 0.6 is 11.8 Å². The van der Waals surface area contributed by atoms with Gasteiger partial charge in [0.2, 0.25) is 0 Å². The van der Waals surface area contributed by atoms with Gasteiger partial charge in [0.1, 0.15) is 5.82 Å². The lowest BCUT2D eigenvalue weighted by Gasteiger charge is -2.07. The van der Waals surface area contributed by atoms with E-state index in [1.165, 1.54) is 31.5 Å². The van der Waals surface area contributed by atoms with Crippen LogP contribution in [0, 0.1) is 11.3 Å². The second-order valence-electron chi connectivity index (χ2n) is 4.83. The Hall–Kier alpha value is -1.02. The van der Waals surface area contributed by atoms with Gasteiger partial charge in [-0.2, -0.15) is 5.26 Å². The molecular weight excluding hydrogens is 232 g/mol. The number of rotatable bonds is 6. The standard InChI is InChI=1S/C12H16N4S/c13-7-1-2-8-17-12-15-14-11(9-3-4-9)16(12)10-5-6-10/h9-10H,1-6,8H2.